The van der Waals surface area contributed by atoms with Gasteiger partial charge in [-0.25, -0.2) is 0 Å². The Kier molecular flexibility index (Phi) is 3.36. The fourth-order valence-corrected chi connectivity index (χ4v) is 3.44. The van der Waals surface area contributed by atoms with E-state index < -0.39 is 0 Å². The van der Waals surface area contributed by atoms with Crippen molar-refractivity contribution in [3.05, 3.63) is 0 Å². The molecule has 0 amide bonds. The van der Waals surface area contributed by atoms with Gasteiger partial charge in [0.25, 0.3) is 0 Å². The van der Waals surface area contributed by atoms with E-state index in [1.807, 2.05) is 0 Å². The van der Waals surface area contributed by atoms with Crippen LogP contribution in [0.15, 0.2) is 0 Å². The van der Waals surface area contributed by atoms with Crippen molar-refractivity contribution in [1.82, 2.24) is 10.2 Å². The highest BCUT2D eigenvalue weighted by molar-refractivity contribution is 4.92. The Balaban J connectivity index is 1.93. The summed E-state index contributed by atoms with van der Waals surface area (Å²) >= 11 is 0. The Bertz CT molecular complexity index is 213. The smallest absolute Gasteiger partial charge is 0.0136 e. The first kappa shape index (κ1) is 11.4. The summed E-state index contributed by atoms with van der Waals surface area (Å²) in [6.07, 6.45) is 5.69. The highest BCUT2D eigenvalue weighted by Gasteiger charge is 2.38. The van der Waals surface area contributed by atoms with Gasteiger partial charge in [0.1, 0.15) is 0 Å². The second-order valence-electron chi connectivity index (χ2n) is 6.20. The SMILES string of the molecule is CNCC1CCCC1N1CCC(C)(C)C1. The number of hydrogen-bond acceptors (Lipinski definition) is 2. The molecule has 0 bridgehead atoms. The minimum atomic E-state index is 0.562. The van der Waals surface area contributed by atoms with Crippen molar-refractivity contribution in [2.24, 2.45) is 11.3 Å². The lowest BCUT2D eigenvalue weighted by Crippen LogP contribution is -2.40. The number of hydrogen-bond donors (Lipinski definition) is 1. The molecule has 1 N–H and O–H groups in total. The van der Waals surface area contributed by atoms with Crippen molar-refractivity contribution >= 4 is 0 Å². The maximum Gasteiger partial charge on any atom is 0.0136 e. The third kappa shape index (κ3) is 2.54. The van der Waals surface area contributed by atoms with Gasteiger partial charge >= 0.3 is 0 Å². The van der Waals surface area contributed by atoms with Gasteiger partial charge in [-0.2, -0.15) is 0 Å². The second-order valence-corrected chi connectivity index (χ2v) is 6.20. The molecule has 2 fully saturated rings. The normalized spacial score (nSPS) is 36.2. The summed E-state index contributed by atoms with van der Waals surface area (Å²) in [6.45, 7) is 8.68. The topological polar surface area (TPSA) is 15.3 Å². The molecule has 1 aliphatic heterocycles. The third-order valence-corrected chi connectivity index (χ3v) is 4.26. The predicted octanol–water partition coefficient (Wildman–Crippen LogP) is 2.11. The third-order valence-electron chi connectivity index (χ3n) is 4.26. The standard InChI is InChI=1S/C13H26N2/c1-13(2)7-8-15(10-13)12-6-4-5-11(12)9-14-3/h11-12,14H,4-10H2,1-3H3. The molecule has 1 aliphatic carbocycles. The van der Waals surface area contributed by atoms with Crippen LogP contribution in [0.4, 0.5) is 0 Å². The number of nitrogens with zero attached hydrogens (tertiary/aromatic N) is 1. The van der Waals surface area contributed by atoms with Crippen LogP contribution in [-0.2, 0) is 0 Å². The van der Waals surface area contributed by atoms with Crippen molar-refractivity contribution in [2.45, 2.75) is 45.6 Å². The largest absolute Gasteiger partial charge is 0.319 e. The van der Waals surface area contributed by atoms with Crippen molar-refractivity contribution in [3.63, 3.8) is 0 Å². The molecular formula is C13H26N2. The van der Waals surface area contributed by atoms with Gasteiger partial charge in [-0.15, -0.1) is 0 Å². The molecule has 2 atom stereocenters. The van der Waals surface area contributed by atoms with Crippen LogP contribution in [0.5, 0.6) is 0 Å². The van der Waals surface area contributed by atoms with Crippen LogP contribution in [0, 0.1) is 11.3 Å². The molecular weight excluding hydrogens is 184 g/mol. The monoisotopic (exact) mass is 210 g/mol. The molecule has 0 spiro atoms. The van der Waals surface area contributed by atoms with Crippen LogP contribution in [-0.4, -0.2) is 37.6 Å². The van der Waals surface area contributed by atoms with Gasteiger partial charge < -0.3 is 5.32 Å². The van der Waals surface area contributed by atoms with Crippen molar-refractivity contribution in [1.29, 1.82) is 0 Å². The molecule has 0 aromatic rings. The molecule has 1 saturated carbocycles. The summed E-state index contributed by atoms with van der Waals surface area (Å²) in [5.74, 6) is 0.906. The van der Waals surface area contributed by atoms with E-state index in [1.54, 1.807) is 0 Å². The van der Waals surface area contributed by atoms with E-state index in [2.05, 4.69) is 31.1 Å². The summed E-state index contributed by atoms with van der Waals surface area (Å²) in [6, 6.07) is 0.874. The van der Waals surface area contributed by atoms with E-state index >= 15 is 0 Å². The van der Waals surface area contributed by atoms with Crippen LogP contribution in [0.25, 0.3) is 0 Å². The first-order valence-electron chi connectivity index (χ1n) is 6.51. The highest BCUT2D eigenvalue weighted by atomic mass is 15.2. The predicted molar refractivity (Wildman–Crippen MR) is 65.0 cm³/mol. The van der Waals surface area contributed by atoms with Gasteiger partial charge in [-0.1, -0.05) is 20.3 Å². The Hall–Kier alpha value is -0.0800. The fraction of sp³-hybridized carbons (Fsp3) is 1.00. The zero-order chi connectivity index (χ0) is 10.9. The fourth-order valence-electron chi connectivity index (χ4n) is 3.44. The average molecular weight is 210 g/mol. The zero-order valence-corrected chi connectivity index (χ0v) is 10.6. The second kappa shape index (κ2) is 4.42. The first-order valence-corrected chi connectivity index (χ1v) is 6.51. The molecule has 2 heteroatoms. The number of nitrogens with one attached hydrogen (secondary N) is 1. The lowest BCUT2D eigenvalue weighted by Gasteiger charge is -2.30. The summed E-state index contributed by atoms with van der Waals surface area (Å²) in [7, 11) is 2.09. The van der Waals surface area contributed by atoms with E-state index in [1.165, 1.54) is 45.3 Å². The molecule has 88 valence electrons. The van der Waals surface area contributed by atoms with Crippen LogP contribution < -0.4 is 5.32 Å². The zero-order valence-electron chi connectivity index (χ0n) is 10.6. The van der Waals surface area contributed by atoms with Gasteiger partial charge in [0.05, 0.1) is 0 Å². The summed E-state index contributed by atoms with van der Waals surface area (Å²) < 4.78 is 0. The summed E-state index contributed by atoms with van der Waals surface area (Å²) in [4.78, 5) is 2.76. The van der Waals surface area contributed by atoms with Crippen LogP contribution in [0.3, 0.4) is 0 Å². The molecule has 0 radical (unpaired) electrons. The minimum absolute atomic E-state index is 0.562. The molecule has 2 rings (SSSR count). The van der Waals surface area contributed by atoms with Gasteiger partial charge in [0.15, 0.2) is 0 Å². The molecule has 0 aromatic carbocycles. The van der Waals surface area contributed by atoms with Gasteiger partial charge in [0, 0.05) is 12.6 Å². The molecule has 2 aliphatic rings. The quantitative estimate of drug-likeness (QED) is 0.767. The molecule has 0 aromatic heterocycles. The highest BCUT2D eigenvalue weighted by Crippen LogP contribution is 2.36. The molecule has 1 saturated heterocycles. The summed E-state index contributed by atoms with van der Waals surface area (Å²) in [5.41, 5.74) is 0.562. The van der Waals surface area contributed by atoms with E-state index in [9.17, 15) is 0 Å². The van der Waals surface area contributed by atoms with E-state index in [0.29, 0.717) is 5.41 Å². The maximum absolute atomic E-state index is 3.36. The Morgan fingerprint density at radius 1 is 1.33 bits per heavy atom. The molecule has 2 unspecified atom stereocenters. The molecule has 15 heavy (non-hydrogen) atoms. The molecule has 1 heterocycles. The lowest BCUT2D eigenvalue weighted by molar-refractivity contribution is 0.178. The Morgan fingerprint density at radius 3 is 2.73 bits per heavy atom. The Labute approximate surface area is 94.4 Å². The number of likely N-dealkylation sites (tertiary alicyclic amines) is 1. The minimum Gasteiger partial charge on any atom is -0.319 e. The molecule has 2 nitrogen and oxygen atoms in total. The van der Waals surface area contributed by atoms with Gasteiger partial charge in [0.2, 0.25) is 0 Å². The van der Waals surface area contributed by atoms with Crippen LogP contribution in [0.1, 0.15) is 39.5 Å². The first-order chi connectivity index (χ1) is 7.12. The van der Waals surface area contributed by atoms with E-state index in [-0.39, 0.29) is 0 Å². The van der Waals surface area contributed by atoms with E-state index in [0.717, 1.165) is 12.0 Å². The van der Waals surface area contributed by atoms with Gasteiger partial charge in [-0.3, -0.25) is 4.90 Å². The van der Waals surface area contributed by atoms with E-state index in [4.69, 9.17) is 0 Å². The van der Waals surface area contributed by atoms with Gasteiger partial charge in [-0.05, 0) is 50.7 Å². The number of rotatable bonds is 3. The summed E-state index contributed by atoms with van der Waals surface area (Å²) in [5, 5.41) is 3.36. The van der Waals surface area contributed by atoms with Crippen molar-refractivity contribution in [3.8, 4) is 0 Å². The van der Waals surface area contributed by atoms with Crippen LogP contribution in [0.2, 0.25) is 0 Å². The van der Waals surface area contributed by atoms with Crippen molar-refractivity contribution in [2.75, 3.05) is 26.7 Å². The van der Waals surface area contributed by atoms with Crippen molar-refractivity contribution < 1.29 is 0 Å². The Morgan fingerprint density at radius 2 is 2.13 bits per heavy atom. The van der Waals surface area contributed by atoms with Crippen LogP contribution >= 0.6 is 0 Å². The average Bonchev–Trinajstić information content (AvgIpc) is 2.72. The maximum atomic E-state index is 3.36. The lowest BCUT2D eigenvalue weighted by atomic mass is 9.93.